The molecule has 0 fully saturated rings. The summed E-state index contributed by atoms with van der Waals surface area (Å²) in [6, 6.07) is 11.3. The van der Waals surface area contributed by atoms with Crippen molar-refractivity contribution in [2.24, 2.45) is 0 Å². The number of benzene rings is 2. The highest BCUT2D eigenvalue weighted by molar-refractivity contribution is 8.28. The zero-order valence-corrected chi connectivity index (χ0v) is 21.4. The van der Waals surface area contributed by atoms with Gasteiger partial charge < -0.3 is 19.9 Å². The minimum atomic E-state index is -4.36. The fourth-order valence-electron chi connectivity index (χ4n) is 2.69. The van der Waals surface area contributed by atoms with Crippen LogP contribution in [0.2, 0.25) is 0 Å². The molecular weight excluding hydrogens is 500 g/mol. The third-order valence-electron chi connectivity index (χ3n) is 4.53. The van der Waals surface area contributed by atoms with Gasteiger partial charge in [-0.25, -0.2) is 0 Å². The van der Waals surface area contributed by atoms with Crippen LogP contribution < -0.4 is 10.1 Å². The number of amides is 1. The Kier molecular flexibility index (Phi) is 10.5. The summed E-state index contributed by atoms with van der Waals surface area (Å²) in [6.45, 7) is 2.63. The average Bonchev–Trinajstić information content (AvgIpc) is 2.80. The first-order chi connectivity index (χ1) is 16.4. The Bertz CT molecular complexity index is 1090. The second kappa shape index (κ2) is 12.8. The Morgan fingerprint density at radius 3 is 2.26 bits per heavy atom. The van der Waals surface area contributed by atoms with E-state index in [9.17, 15) is 23.2 Å². The van der Waals surface area contributed by atoms with E-state index in [2.05, 4.69) is 5.32 Å². The molecule has 3 N–H and O–H groups in total. The maximum Gasteiger partial charge on any atom is 0.318 e. The van der Waals surface area contributed by atoms with Crippen molar-refractivity contribution in [3.63, 3.8) is 0 Å². The maximum atomic E-state index is 12.3. The van der Waals surface area contributed by atoms with Crippen LogP contribution >= 0.6 is 10.3 Å². The molecule has 1 amide bonds. The molecule has 0 aromatic heterocycles. The lowest BCUT2D eigenvalue weighted by Crippen LogP contribution is -2.23. The van der Waals surface area contributed by atoms with Crippen molar-refractivity contribution in [3.8, 4) is 5.75 Å². The normalized spacial score (nSPS) is 13.1. The molecule has 0 saturated heterocycles. The van der Waals surface area contributed by atoms with Crippen LogP contribution in [0.1, 0.15) is 13.3 Å². The molecule has 2 aromatic carbocycles. The number of nitrogens with one attached hydrogen (secondary N) is 1. The highest BCUT2D eigenvalue weighted by atomic mass is 32.3. The summed E-state index contributed by atoms with van der Waals surface area (Å²) in [4.78, 5) is 24.6. The molecule has 0 spiro atoms. The predicted molar refractivity (Wildman–Crippen MR) is 133 cm³/mol. The van der Waals surface area contributed by atoms with E-state index in [4.69, 9.17) is 18.3 Å². The predicted octanol–water partition coefficient (Wildman–Crippen LogP) is 3.06. The van der Waals surface area contributed by atoms with Gasteiger partial charge in [-0.1, -0.05) is 0 Å². The van der Waals surface area contributed by atoms with E-state index < -0.39 is 26.5 Å². The van der Waals surface area contributed by atoms with Crippen LogP contribution in [0.25, 0.3) is 0 Å². The lowest BCUT2D eigenvalue weighted by molar-refractivity contribution is -0.696. The molecule has 0 aliphatic rings. The smallest absolute Gasteiger partial charge is 0.318 e. The summed E-state index contributed by atoms with van der Waals surface area (Å²) >= 11 is 0. The largest absolute Gasteiger partial charge is 0.491 e. The molecule has 194 valence electrons. The lowest BCUT2D eigenvalue weighted by Gasteiger charge is -2.22. The van der Waals surface area contributed by atoms with Gasteiger partial charge in [0.15, 0.2) is 0 Å². The molecule has 1 atom stereocenters. The van der Waals surface area contributed by atoms with Gasteiger partial charge in [-0.15, -0.1) is 0 Å². The van der Waals surface area contributed by atoms with Gasteiger partial charge in [0.2, 0.25) is 5.91 Å². The number of rotatable bonds is 14. The fourth-order valence-corrected chi connectivity index (χ4v) is 4.38. The molecule has 0 aliphatic carbocycles. The van der Waals surface area contributed by atoms with Gasteiger partial charge in [-0.3, -0.25) is 9.35 Å². The van der Waals surface area contributed by atoms with Crippen LogP contribution in [0.5, 0.6) is 5.75 Å². The van der Waals surface area contributed by atoms with E-state index in [0.29, 0.717) is 23.8 Å². The second-order valence-electron chi connectivity index (χ2n) is 7.89. The minimum Gasteiger partial charge on any atom is -0.491 e. The molecule has 0 heterocycles. The Balaban J connectivity index is 1.80. The Morgan fingerprint density at radius 2 is 1.69 bits per heavy atom. The van der Waals surface area contributed by atoms with Crippen LogP contribution in [0.4, 0.5) is 11.4 Å². The van der Waals surface area contributed by atoms with Gasteiger partial charge in [0.1, 0.15) is 18.5 Å². The van der Waals surface area contributed by atoms with Gasteiger partial charge in [-0.05, 0) is 53.6 Å². The topological polar surface area (TPSA) is 151 Å². The summed E-state index contributed by atoms with van der Waals surface area (Å²) in [5.74, 6) is 0.585. The third kappa shape index (κ3) is 10.2. The van der Waals surface area contributed by atoms with E-state index in [1.54, 1.807) is 36.8 Å². The molecule has 35 heavy (non-hydrogen) atoms. The maximum absolute atomic E-state index is 12.3. The van der Waals surface area contributed by atoms with E-state index in [1.807, 2.05) is 6.92 Å². The van der Waals surface area contributed by atoms with Crippen molar-refractivity contribution in [3.05, 3.63) is 53.4 Å². The van der Waals surface area contributed by atoms with E-state index >= 15 is 0 Å². The molecule has 0 aliphatic heterocycles. The number of nitrogens with zero attached hydrogens (tertiary/aromatic N) is 1. The molecule has 0 saturated carbocycles. The van der Waals surface area contributed by atoms with Crippen molar-refractivity contribution in [2.75, 3.05) is 43.4 Å². The SMILES string of the molecule is CCOCC(O)COc1ccc(NC(=O)CCS(C)(C)O[N+](=O)c2ccc(S(=O)(=O)O)cc2)cc1. The first-order valence-corrected chi connectivity index (χ1v) is 14.6. The van der Waals surface area contributed by atoms with Crippen LogP contribution in [0.15, 0.2) is 53.4 Å². The number of carbonyl (C=O) groups is 1. The molecule has 2 rings (SSSR count). The van der Waals surface area contributed by atoms with Gasteiger partial charge in [0.05, 0.1) is 16.4 Å². The number of anilines is 1. The van der Waals surface area contributed by atoms with Crippen LogP contribution in [-0.2, 0) is 23.9 Å². The monoisotopic (exact) mass is 531 g/mol. The van der Waals surface area contributed by atoms with Crippen LogP contribution in [-0.4, -0.2) is 73.1 Å². The van der Waals surface area contributed by atoms with E-state index in [-0.39, 0.29) is 41.0 Å². The number of aliphatic hydroxyl groups excluding tert-OH is 1. The molecule has 0 radical (unpaired) electrons. The molecular formula is C22H31N2O9S2+. The van der Waals surface area contributed by atoms with Crippen molar-refractivity contribution >= 4 is 37.7 Å². The molecule has 0 bridgehead atoms. The van der Waals surface area contributed by atoms with Gasteiger partial charge in [0, 0.05) is 49.1 Å². The average molecular weight is 532 g/mol. The Labute approximate surface area is 206 Å². The standard InChI is InChI=1S/C22H30N2O9S2/c1-4-31-15-19(25)16-32-20-9-5-17(6-10-20)23-22(26)13-14-34(2,3)33-24(27)18-7-11-21(12-8-18)35(28,29)30/h5-12,19,25H,4,13-16H2,1-3H3,(H-,23,26,28,29,30)/p+1. The molecule has 2 aromatic rings. The van der Waals surface area contributed by atoms with E-state index in [1.165, 1.54) is 12.1 Å². The van der Waals surface area contributed by atoms with Gasteiger partial charge in [0.25, 0.3) is 15.0 Å². The number of carbonyl (C=O) groups excluding carboxylic acids is 1. The van der Waals surface area contributed by atoms with E-state index in [0.717, 1.165) is 12.1 Å². The number of hydrogen-bond donors (Lipinski definition) is 3. The summed E-state index contributed by atoms with van der Waals surface area (Å²) in [5.41, 5.74) is 0.616. The van der Waals surface area contributed by atoms with Gasteiger partial charge in [-0.2, -0.15) is 12.7 Å². The van der Waals surface area contributed by atoms with Crippen molar-refractivity contribution in [1.29, 1.82) is 0 Å². The summed E-state index contributed by atoms with van der Waals surface area (Å²) in [6.07, 6.45) is 2.83. The fraction of sp³-hybridized carbons (Fsp3) is 0.409. The number of aliphatic hydroxyl groups is 1. The summed E-state index contributed by atoms with van der Waals surface area (Å²) < 4.78 is 47.3. The van der Waals surface area contributed by atoms with Crippen LogP contribution in [0, 0.1) is 4.91 Å². The Hall–Kier alpha value is -2.71. The van der Waals surface area contributed by atoms with Crippen LogP contribution in [0.3, 0.4) is 0 Å². The third-order valence-corrected chi connectivity index (χ3v) is 7.12. The first-order valence-electron chi connectivity index (χ1n) is 10.6. The summed E-state index contributed by atoms with van der Waals surface area (Å²) in [7, 11) is -6.31. The summed E-state index contributed by atoms with van der Waals surface area (Å²) in [5, 5.41) is 12.5. The van der Waals surface area contributed by atoms with Crippen molar-refractivity contribution < 1.29 is 41.6 Å². The lowest BCUT2D eigenvalue weighted by atomic mass is 10.3. The molecule has 13 heteroatoms. The molecule has 11 nitrogen and oxygen atoms in total. The second-order valence-corrected chi connectivity index (χ2v) is 12.7. The Morgan fingerprint density at radius 1 is 1.06 bits per heavy atom. The zero-order chi connectivity index (χ0) is 26.1. The highest BCUT2D eigenvalue weighted by Crippen LogP contribution is 2.43. The molecule has 1 unspecified atom stereocenters. The highest BCUT2D eigenvalue weighted by Gasteiger charge is 2.27. The quantitative estimate of drug-likeness (QED) is 0.247. The van der Waals surface area contributed by atoms with Gasteiger partial charge >= 0.3 is 5.69 Å². The van der Waals surface area contributed by atoms with Crippen molar-refractivity contribution in [2.45, 2.75) is 24.3 Å². The zero-order valence-electron chi connectivity index (χ0n) is 19.7. The minimum absolute atomic E-state index is 0.0511. The number of hydrogen-bond acceptors (Lipinski definition) is 8. The van der Waals surface area contributed by atoms with Crippen molar-refractivity contribution in [1.82, 2.24) is 0 Å². The first kappa shape index (κ1) is 28.5. The number of ether oxygens (including phenoxy) is 2.